The van der Waals surface area contributed by atoms with Crippen molar-refractivity contribution in [3.63, 3.8) is 0 Å². The number of anilines is 6. The van der Waals surface area contributed by atoms with Gasteiger partial charge >= 0.3 is 0 Å². The van der Waals surface area contributed by atoms with Crippen molar-refractivity contribution in [3.05, 3.63) is 72.8 Å². The number of nitrogens with zero attached hydrogens (tertiary/aromatic N) is 6. The molecule has 0 aliphatic carbocycles. The number of phenolic OH excluding ortho intramolecular Hbond substituents is 3. The molecule has 0 saturated carbocycles. The summed E-state index contributed by atoms with van der Waals surface area (Å²) in [5, 5.41) is 28.9. The molecule has 3 N–H and O–H groups in total. The van der Waals surface area contributed by atoms with Gasteiger partial charge in [0.1, 0.15) is 17.2 Å². The zero-order valence-corrected chi connectivity index (χ0v) is 18.5. The van der Waals surface area contributed by atoms with Crippen LogP contribution in [0.2, 0.25) is 0 Å². The van der Waals surface area contributed by atoms with Gasteiger partial charge in [0.05, 0.1) is 0 Å². The summed E-state index contributed by atoms with van der Waals surface area (Å²) in [4.78, 5) is 19.4. The molecule has 0 saturated heterocycles. The first kappa shape index (κ1) is 21.7. The molecule has 0 atom stereocenters. The second-order valence-corrected chi connectivity index (χ2v) is 7.46. The van der Waals surface area contributed by atoms with Crippen LogP contribution in [-0.4, -0.2) is 51.4 Å². The molecule has 0 aliphatic rings. The molecule has 1 heterocycles. The molecule has 4 aromatic rings. The number of hydrogen-bond acceptors (Lipinski definition) is 9. The zero-order valence-electron chi connectivity index (χ0n) is 18.5. The largest absolute Gasteiger partial charge is 0.508 e. The van der Waals surface area contributed by atoms with E-state index in [1.165, 1.54) is 0 Å². The Labute approximate surface area is 191 Å². The summed E-state index contributed by atoms with van der Waals surface area (Å²) in [5.74, 6) is 1.71. The summed E-state index contributed by atoms with van der Waals surface area (Å²) in [6.45, 7) is 0. The molecule has 9 heteroatoms. The molecule has 3 aromatic carbocycles. The molecule has 0 bridgehead atoms. The first-order chi connectivity index (χ1) is 15.8. The minimum absolute atomic E-state index is 0.170. The summed E-state index contributed by atoms with van der Waals surface area (Å²) < 4.78 is 0. The zero-order chi connectivity index (χ0) is 23.5. The lowest BCUT2D eigenvalue weighted by molar-refractivity contribution is 0.475. The second-order valence-electron chi connectivity index (χ2n) is 7.46. The predicted molar refractivity (Wildman–Crippen MR) is 128 cm³/mol. The monoisotopic (exact) mass is 444 g/mol. The van der Waals surface area contributed by atoms with E-state index < -0.39 is 0 Å². The molecule has 9 nitrogen and oxygen atoms in total. The lowest BCUT2D eigenvalue weighted by Gasteiger charge is -2.24. The Morgan fingerprint density at radius 3 is 0.848 bits per heavy atom. The number of hydrogen-bond donors (Lipinski definition) is 3. The Kier molecular flexibility index (Phi) is 5.86. The highest BCUT2D eigenvalue weighted by Gasteiger charge is 2.18. The van der Waals surface area contributed by atoms with Crippen molar-refractivity contribution in [2.24, 2.45) is 0 Å². The van der Waals surface area contributed by atoms with Gasteiger partial charge in [-0.05, 0) is 72.8 Å². The Morgan fingerprint density at radius 2 is 0.636 bits per heavy atom. The van der Waals surface area contributed by atoms with Crippen molar-refractivity contribution in [3.8, 4) is 17.2 Å². The van der Waals surface area contributed by atoms with Gasteiger partial charge < -0.3 is 30.0 Å². The van der Waals surface area contributed by atoms with Gasteiger partial charge in [-0.2, -0.15) is 15.0 Å². The van der Waals surface area contributed by atoms with Gasteiger partial charge in [-0.1, -0.05) is 0 Å². The average Bonchev–Trinajstić information content (AvgIpc) is 2.84. The highest BCUT2D eigenvalue weighted by atomic mass is 16.3. The molecule has 0 aliphatic heterocycles. The summed E-state index contributed by atoms with van der Waals surface area (Å²) in [6, 6.07) is 20.2. The van der Waals surface area contributed by atoms with Crippen LogP contribution in [0.4, 0.5) is 34.9 Å². The molecule has 4 rings (SSSR count). The van der Waals surface area contributed by atoms with Crippen molar-refractivity contribution < 1.29 is 15.3 Å². The molecule has 33 heavy (non-hydrogen) atoms. The lowest BCUT2D eigenvalue weighted by atomic mass is 10.3. The first-order valence-electron chi connectivity index (χ1n) is 10.2. The maximum absolute atomic E-state index is 9.63. The van der Waals surface area contributed by atoms with Gasteiger partial charge in [0, 0.05) is 38.2 Å². The van der Waals surface area contributed by atoms with E-state index in [0.29, 0.717) is 17.8 Å². The molecule has 0 radical (unpaired) electrons. The Balaban J connectivity index is 1.78. The smallest absolute Gasteiger partial charge is 0.236 e. The standard InChI is InChI=1S/C24H24N6O3/c1-28(16-4-10-19(31)11-5-16)22-25-23(29(2)17-6-12-20(32)13-7-17)27-24(26-22)30(3)18-8-14-21(33)15-9-18/h4-15,31-33H,1-3H3. The topological polar surface area (TPSA) is 109 Å². The van der Waals surface area contributed by atoms with E-state index in [-0.39, 0.29) is 17.2 Å². The van der Waals surface area contributed by atoms with E-state index in [2.05, 4.69) is 15.0 Å². The molecule has 0 unspecified atom stereocenters. The van der Waals surface area contributed by atoms with Crippen LogP contribution in [0.3, 0.4) is 0 Å². The highest BCUT2D eigenvalue weighted by molar-refractivity contribution is 5.65. The van der Waals surface area contributed by atoms with Crippen LogP contribution in [0.15, 0.2) is 72.8 Å². The summed E-state index contributed by atoms with van der Waals surface area (Å²) in [7, 11) is 5.49. The van der Waals surface area contributed by atoms with Crippen LogP contribution >= 0.6 is 0 Å². The fraction of sp³-hybridized carbons (Fsp3) is 0.125. The third-order valence-electron chi connectivity index (χ3n) is 5.21. The number of aromatic nitrogens is 3. The lowest BCUT2D eigenvalue weighted by Crippen LogP contribution is -2.22. The number of aromatic hydroxyl groups is 3. The van der Waals surface area contributed by atoms with Gasteiger partial charge in [0.15, 0.2) is 0 Å². The van der Waals surface area contributed by atoms with Gasteiger partial charge in [0.25, 0.3) is 0 Å². The van der Waals surface area contributed by atoms with Crippen LogP contribution in [0, 0.1) is 0 Å². The maximum atomic E-state index is 9.63. The van der Waals surface area contributed by atoms with Gasteiger partial charge in [-0.15, -0.1) is 0 Å². The minimum Gasteiger partial charge on any atom is -0.508 e. The van der Waals surface area contributed by atoms with Crippen molar-refractivity contribution >= 4 is 34.9 Å². The van der Waals surface area contributed by atoms with Crippen molar-refractivity contribution in [2.45, 2.75) is 0 Å². The molecule has 0 fully saturated rings. The van der Waals surface area contributed by atoms with E-state index >= 15 is 0 Å². The Bertz CT molecular complexity index is 1060. The summed E-state index contributed by atoms with van der Waals surface area (Å²) >= 11 is 0. The summed E-state index contributed by atoms with van der Waals surface area (Å²) in [5.41, 5.74) is 2.36. The van der Waals surface area contributed by atoms with Gasteiger partial charge in [0.2, 0.25) is 17.8 Å². The molecule has 168 valence electrons. The van der Waals surface area contributed by atoms with E-state index in [9.17, 15) is 15.3 Å². The van der Waals surface area contributed by atoms with Crippen molar-refractivity contribution in [2.75, 3.05) is 35.8 Å². The Morgan fingerprint density at radius 1 is 0.424 bits per heavy atom. The van der Waals surface area contributed by atoms with Crippen LogP contribution in [0.1, 0.15) is 0 Å². The highest BCUT2D eigenvalue weighted by Crippen LogP contribution is 2.30. The summed E-state index contributed by atoms with van der Waals surface area (Å²) in [6.07, 6.45) is 0. The van der Waals surface area contributed by atoms with Gasteiger partial charge in [-0.3, -0.25) is 0 Å². The molecule has 1 aromatic heterocycles. The van der Waals surface area contributed by atoms with E-state index in [4.69, 9.17) is 0 Å². The SMILES string of the molecule is CN(c1ccc(O)cc1)c1nc(N(C)c2ccc(O)cc2)nc(N(C)c2ccc(O)cc2)n1. The fourth-order valence-electron chi connectivity index (χ4n) is 3.17. The maximum Gasteiger partial charge on any atom is 0.236 e. The molecule has 0 amide bonds. The molecular formula is C24H24N6O3. The average molecular weight is 444 g/mol. The third-order valence-corrected chi connectivity index (χ3v) is 5.21. The second kappa shape index (κ2) is 8.91. The predicted octanol–water partition coefficient (Wildman–Crippen LogP) is 4.29. The number of benzene rings is 3. The first-order valence-corrected chi connectivity index (χ1v) is 10.2. The van der Waals surface area contributed by atoms with Crippen LogP contribution < -0.4 is 14.7 Å². The van der Waals surface area contributed by atoms with E-state index in [1.807, 2.05) is 21.1 Å². The van der Waals surface area contributed by atoms with Gasteiger partial charge in [-0.25, -0.2) is 0 Å². The number of rotatable bonds is 6. The fourth-order valence-corrected chi connectivity index (χ4v) is 3.17. The minimum atomic E-state index is 0.170. The molecule has 0 spiro atoms. The molecular weight excluding hydrogens is 420 g/mol. The number of phenols is 3. The van der Waals surface area contributed by atoms with Crippen molar-refractivity contribution in [1.29, 1.82) is 0 Å². The van der Waals surface area contributed by atoms with Crippen molar-refractivity contribution in [1.82, 2.24) is 15.0 Å². The normalized spacial score (nSPS) is 10.6. The van der Waals surface area contributed by atoms with E-state index in [1.54, 1.807) is 87.5 Å². The van der Waals surface area contributed by atoms with Crippen LogP contribution in [-0.2, 0) is 0 Å². The van der Waals surface area contributed by atoms with Crippen LogP contribution in [0.5, 0.6) is 17.2 Å². The van der Waals surface area contributed by atoms with Crippen LogP contribution in [0.25, 0.3) is 0 Å². The quantitative estimate of drug-likeness (QED) is 0.401. The Hall–Kier alpha value is -4.53. The van der Waals surface area contributed by atoms with E-state index in [0.717, 1.165) is 17.1 Å². The third kappa shape index (κ3) is 4.72.